The predicted octanol–water partition coefficient (Wildman–Crippen LogP) is 3.09. The standard InChI is InChI=1S/C14H27NO2S/c1-4-5-14(13(16)17)6-8-15(9-7-14)10-11-18-12(2)3/h12H,4-11H2,1-3H3,(H,16,17). The molecule has 0 unspecified atom stereocenters. The molecular formula is C14H27NO2S. The Morgan fingerprint density at radius 1 is 1.39 bits per heavy atom. The molecule has 106 valence electrons. The van der Waals surface area contributed by atoms with Gasteiger partial charge in [-0.15, -0.1) is 0 Å². The average Bonchev–Trinajstić information content (AvgIpc) is 2.31. The number of carboxylic acid groups (broad SMARTS) is 1. The van der Waals surface area contributed by atoms with Crippen LogP contribution in [-0.4, -0.2) is 46.6 Å². The van der Waals surface area contributed by atoms with Crippen molar-refractivity contribution in [2.75, 3.05) is 25.4 Å². The van der Waals surface area contributed by atoms with Gasteiger partial charge in [-0.25, -0.2) is 0 Å². The molecule has 0 bridgehead atoms. The normalized spacial score (nSPS) is 20.2. The summed E-state index contributed by atoms with van der Waals surface area (Å²) in [5.74, 6) is 0.575. The van der Waals surface area contributed by atoms with Gasteiger partial charge < -0.3 is 10.0 Å². The zero-order valence-corrected chi connectivity index (χ0v) is 12.8. The maximum atomic E-state index is 11.5. The Hall–Kier alpha value is -0.220. The Morgan fingerprint density at radius 2 is 2.00 bits per heavy atom. The number of hydrogen-bond acceptors (Lipinski definition) is 3. The minimum Gasteiger partial charge on any atom is -0.481 e. The van der Waals surface area contributed by atoms with Crippen LogP contribution >= 0.6 is 11.8 Å². The van der Waals surface area contributed by atoms with Crippen LogP contribution in [-0.2, 0) is 4.79 Å². The number of aliphatic carboxylic acids is 1. The molecule has 1 rings (SSSR count). The number of rotatable bonds is 7. The number of nitrogens with zero attached hydrogens (tertiary/aromatic N) is 1. The van der Waals surface area contributed by atoms with E-state index in [1.165, 1.54) is 0 Å². The molecule has 1 heterocycles. The Bertz CT molecular complexity index is 261. The number of hydrogen-bond donors (Lipinski definition) is 1. The Labute approximate surface area is 115 Å². The van der Waals surface area contributed by atoms with E-state index >= 15 is 0 Å². The third-order valence-electron chi connectivity index (χ3n) is 3.85. The monoisotopic (exact) mass is 273 g/mol. The number of thioether (sulfide) groups is 1. The molecular weight excluding hydrogens is 246 g/mol. The quantitative estimate of drug-likeness (QED) is 0.774. The molecule has 0 atom stereocenters. The van der Waals surface area contributed by atoms with E-state index in [2.05, 4.69) is 25.7 Å². The first-order valence-corrected chi connectivity index (χ1v) is 8.12. The van der Waals surface area contributed by atoms with Crippen molar-refractivity contribution < 1.29 is 9.90 Å². The predicted molar refractivity (Wildman–Crippen MR) is 78.2 cm³/mol. The third-order valence-corrected chi connectivity index (χ3v) is 4.94. The summed E-state index contributed by atoms with van der Waals surface area (Å²) in [5.41, 5.74) is -0.434. The van der Waals surface area contributed by atoms with E-state index in [1.54, 1.807) is 0 Å². The fourth-order valence-electron chi connectivity index (χ4n) is 2.67. The molecule has 0 aromatic rings. The lowest BCUT2D eigenvalue weighted by molar-refractivity contribution is -0.152. The summed E-state index contributed by atoms with van der Waals surface area (Å²) in [6.07, 6.45) is 3.44. The molecule has 0 amide bonds. The topological polar surface area (TPSA) is 40.5 Å². The van der Waals surface area contributed by atoms with Crippen LogP contribution in [0, 0.1) is 5.41 Å². The van der Waals surface area contributed by atoms with Gasteiger partial charge in [0.2, 0.25) is 0 Å². The fourth-order valence-corrected chi connectivity index (χ4v) is 3.51. The second-order valence-corrected chi connectivity index (χ2v) is 7.28. The first-order chi connectivity index (χ1) is 8.50. The van der Waals surface area contributed by atoms with Gasteiger partial charge in [-0.2, -0.15) is 11.8 Å². The van der Waals surface area contributed by atoms with E-state index in [-0.39, 0.29) is 0 Å². The first-order valence-electron chi connectivity index (χ1n) is 7.07. The second-order valence-electron chi connectivity index (χ2n) is 5.60. The van der Waals surface area contributed by atoms with E-state index in [4.69, 9.17) is 0 Å². The summed E-state index contributed by atoms with van der Waals surface area (Å²) in [5, 5.41) is 10.1. The van der Waals surface area contributed by atoms with Crippen molar-refractivity contribution >= 4 is 17.7 Å². The summed E-state index contributed by atoms with van der Waals surface area (Å²) in [7, 11) is 0. The summed E-state index contributed by atoms with van der Waals surface area (Å²) < 4.78 is 0. The van der Waals surface area contributed by atoms with E-state index in [9.17, 15) is 9.90 Å². The van der Waals surface area contributed by atoms with Gasteiger partial charge in [0, 0.05) is 12.3 Å². The van der Waals surface area contributed by atoms with Crippen LogP contribution in [0.2, 0.25) is 0 Å². The molecule has 0 radical (unpaired) electrons. The summed E-state index contributed by atoms with van der Waals surface area (Å²) in [4.78, 5) is 13.9. The first kappa shape index (κ1) is 15.8. The molecule has 0 aliphatic carbocycles. The molecule has 0 spiro atoms. The van der Waals surface area contributed by atoms with E-state index in [1.807, 2.05) is 11.8 Å². The van der Waals surface area contributed by atoms with Crippen molar-refractivity contribution in [3.05, 3.63) is 0 Å². The third kappa shape index (κ3) is 4.47. The fraction of sp³-hybridized carbons (Fsp3) is 0.929. The van der Waals surface area contributed by atoms with Crippen molar-refractivity contribution in [2.24, 2.45) is 5.41 Å². The van der Waals surface area contributed by atoms with Crippen molar-refractivity contribution in [3.8, 4) is 0 Å². The SMILES string of the molecule is CCCC1(C(=O)O)CCN(CCSC(C)C)CC1. The molecule has 1 N–H and O–H groups in total. The largest absolute Gasteiger partial charge is 0.481 e. The number of carboxylic acids is 1. The molecule has 0 aromatic carbocycles. The van der Waals surface area contributed by atoms with Crippen LogP contribution in [0.15, 0.2) is 0 Å². The van der Waals surface area contributed by atoms with E-state index in [0.717, 1.165) is 51.1 Å². The maximum absolute atomic E-state index is 11.5. The van der Waals surface area contributed by atoms with Crippen LogP contribution in [0.5, 0.6) is 0 Å². The molecule has 4 heteroatoms. The maximum Gasteiger partial charge on any atom is 0.309 e. The van der Waals surface area contributed by atoms with Crippen LogP contribution in [0.4, 0.5) is 0 Å². The summed E-state index contributed by atoms with van der Waals surface area (Å²) in [6.45, 7) is 9.52. The Balaban J connectivity index is 2.36. The highest BCUT2D eigenvalue weighted by Crippen LogP contribution is 2.36. The van der Waals surface area contributed by atoms with Crippen LogP contribution < -0.4 is 0 Å². The minimum atomic E-state index is -0.583. The van der Waals surface area contributed by atoms with Crippen LogP contribution in [0.3, 0.4) is 0 Å². The highest BCUT2D eigenvalue weighted by Gasteiger charge is 2.40. The number of carbonyl (C=O) groups is 1. The second kappa shape index (κ2) is 7.39. The lowest BCUT2D eigenvalue weighted by Gasteiger charge is -2.38. The molecule has 18 heavy (non-hydrogen) atoms. The Morgan fingerprint density at radius 3 is 2.44 bits per heavy atom. The molecule has 1 saturated heterocycles. The molecule has 0 aromatic heterocycles. The van der Waals surface area contributed by atoms with Crippen molar-refractivity contribution in [3.63, 3.8) is 0 Å². The summed E-state index contributed by atoms with van der Waals surface area (Å²) >= 11 is 1.98. The molecule has 3 nitrogen and oxygen atoms in total. The van der Waals surface area contributed by atoms with Gasteiger partial charge in [0.15, 0.2) is 0 Å². The molecule has 1 aliphatic rings. The van der Waals surface area contributed by atoms with Gasteiger partial charge >= 0.3 is 5.97 Å². The zero-order chi connectivity index (χ0) is 13.6. The van der Waals surface area contributed by atoms with Gasteiger partial charge in [0.25, 0.3) is 0 Å². The molecule has 0 saturated carbocycles. The van der Waals surface area contributed by atoms with Crippen LogP contribution in [0.1, 0.15) is 46.5 Å². The number of likely N-dealkylation sites (tertiary alicyclic amines) is 1. The van der Waals surface area contributed by atoms with Gasteiger partial charge in [-0.1, -0.05) is 27.2 Å². The average molecular weight is 273 g/mol. The van der Waals surface area contributed by atoms with Gasteiger partial charge in [0.1, 0.15) is 0 Å². The summed E-state index contributed by atoms with van der Waals surface area (Å²) in [6, 6.07) is 0. The highest BCUT2D eigenvalue weighted by molar-refractivity contribution is 7.99. The Kier molecular flexibility index (Phi) is 6.50. The zero-order valence-electron chi connectivity index (χ0n) is 11.9. The lowest BCUT2D eigenvalue weighted by Crippen LogP contribution is -2.45. The molecule has 1 fully saturated rings. The van der Waals surface area contributed by atoms with Gasteiger partial charge in [-0.05, 0) is 37.6 Å². The van der Waals surface area contributed by atoms with Gasteiger partial charge in [-0.3, -0.25) is 4.79 Å². The van der Waals surface area contributed by atoms with Crippen LogP contribution in [0.25, 0.3) is 0 Å². The van der Waals surface area contributed by atoms with Crippen molar-refractivity contribution in [1.82, 2.24) is 4.90 Å². The smallest absolute Gasteiger partial charge is 0.309 e. The minimum absolute atomic E-state index is 0.434. The van der Waals surface area contributed by atoms with Gasteiger partial charge in [0.05, 0.1) is 5.41 Å². The highest BCUT2D eigenvalue weighted by atomic mass is 32.2. The number of piperidine rings is 1. The lowest BCUT2D eigenvalue weighted by atomic mass is 9.75. The molecule has 1 aliphatic heterocycles. The van der Waals surface area contributed by atoms with E-state index < -0.39 is 11.4 Å². The van der Waals surface area contributed by atoms with Crippen molar-refractivity contribution in [2.45, 2.75) is 51.7 Å². The van der Waals surface area contributed by atoms with E-state index in [0.29, 0.717) is 5.25 Å². The van der Waals surface area contributed by atoms with Crippen molar-refractivity contribution in [1.29, 1.82) is 0 Å².